The summed E-state index contributed by atoms with van der Waals surface area (Å²) in [6.07, 6.45) is 1.43. The number of fused-ring (bicyclic) bond motifs is 1. The molecule has 3 rings (SSSR count). The molecule has 0 unspecified atom stereocenters. The van der Waals surface area contributed by atoms with Gasteiger partial charge in [-0.2, -0.15) is 0 Å². The van der Waals surface area contributed by atoms with Crippen molar-refractivity contribution < 1.29 is 9.53 Å². The van der Waals surface area contributed by atoms with E-state index in [2.05, 4.69) is 6.07 Å². The molecule has 0 fully saturated rings. The molecule has 0 aromatic heterocycles. The topological polar surface area (TPSA) is 55.6 Å². The van der Waals surface area contributed by atoms with Crippen molar-refractivity contribution in [2.45, 2.75) is 25.8 Å². The van der Waals surface area contributed by atoms with Crippen LogP contribution in [0.4, 0.5) is 5.69 Å². The van der Waals surface area contributed by atoms with E-state index in [4.69, 9.17) is 10.5 Å². The zero-order chi connectivity index (χ0) is 16.4. The van der Waals surface area contributed by atoms with Gasteiger partial charge in [-0.25, -0.2) is 0 Å². The van der Waals surface area contributed by atoms with Gasteiger partial charge in [0.25, 0.3) is 0 Å². The molecule has 1 aliphatic heterocycles. The molecule has 2 N–H and O–H groups in total. The van der Waals surface area contributed by atoms with Crippen molar-refractivity contribution in [1.82, 2.24) is 0 Å². The SMILES string of the molecule is COc1ccc(C[C@@H](N)C(=O)N2CCc3ccccc32)c(C)c1. The minimum atomic E-state index is -0.534. The molecule has 120 valence electrons. The third-order valence-corrected chi connectivity index (χ3v) is 4.46. The van der Waals surface area contributed by atoms with Crippen LogP contribution in [0.3, 0.4) is 0 Å². The number of carbonyl (C=O) groups is 1. The lowest BCUT2D eigenvalue weighted by atomic mass is 10.0. The highest BCUT2D eigenvalue weighted by Crippen LogP contribution is 2.28. The van der Waals surface area contributed by atoms with E-state index < -0.39 is 6.04 Å². The van der Waals surface area contributed by atoms with Crippen molar-refractivity contribution in [1.29, 1.82) is 0 Å². The summed E-state index contributed by atoms with van der Waals surface area (Å²) in [6.45, 7) is 2.73. The molecule has 0 saturated carbocycles. The molecule has 0 spiro atoms. The van der Waals surface area contributed by atoms with Crippen molar-refractivity contribution in [3.8, 4) is 5.75 Å². The molecule has 4 heteroatoms. The van der Waals surface area contributed by atoms with Gasteiger partial charge in [-0.15, -0.1) is 0 Å². The van der Waals surface area contributed by atoms with Gasteiger partial charge < -0.3 is 15.4 Å². The van der Waals surface area contributed by atoms with Crippen LogP contribution in [-0.2, 0) is 17.6 Å². The minimum Gasteiger partial charge on any atom is -0.497 e. The van der Waals surface area contributed by atoms with Gasteiger partial charge in [-0.05, 0) is 54.7 Å². The molecule has 2 aromatic rings. The Morgan fingerprint density at radius 2 is 2.09 bits per heavy atom. The Bertz CT molecular complexity index is 727. The molecule has 0 saturated heterocycles. The fourth-order valence-corrected chi connectivity index (χ4v) is 3.12. The zero-order valence-electron chi connectivity index (χ0n) is 13.6. The van der Waals surface area contributed by atoms with Crippen molar-refractivity contribution in [2.24, 2.45) is 5.73 Å². The smallest absolute Gasteiger partial charge is 0.244 e. The number of hydrogen-bond donors (Lipinski definition) is 1. The fourth-order valence-electron chi connectivity index (χ4n) is 3.12. The number of aryl methyl sites for hydroxylation is 1. The number of amides is 1. The summed E-state index contributed by atoms with van der Waals surface area (Å²) in [6, 6.07) is 13.4. The molecular weight excluding hydrogens is 288 g/mol. The Morgan fingerprint density at radius 1 is 1.30 bits per heavy atom. The molecule has 1 amide bonds. The first kappa shape index (κ1) is 15.6. The van der Waals surface area contributed by atoms with Gasteiger partial charge in [0.1, 0.15) is 5.75 Å². The van der Waals surface area contributed by atoms with Crippen molar-refractivity contribution in [3.63, 3.8) is 0 Å². The van der Waals surface area contributed by atoms with Crippen LogP contribution >= 0.6 is 0 Å². The van der Waals surface area contributed by atoms with Crippen molar-refractivity contribution >= 4 is 11.6 Å². The lowest BCUT2D eigenvalue weighted by Crippen LogP contribution is -2.44. The van der Waals surface area contributed by atoms with Crippen molar-refractivity contribution in [2.75, 3.05) is 18.6 Å². The Kier molecular flexibility index (Phi) is 4.35. The number of methoxy groups -OCH3 is 1. The Labute approximate surface area is 136 Å². The number of hydrogen-bond acceptors (Lipinski definition) is 3. The second-order valence-corrected chi connectivity index (χ2v) is 5.97. The van der Waals surface area contributed by atoms with Gasteiger partial charge in [0.05, 0.1) is 13.2 Å². The van der Waals surface area contributed by atoms with Crippen LogP contribution in [0.25, 0.3) is 0 Å². The minimum absolute atomic E-state index is 0.00910. The van der Waals surface area contributed by atoms with Gasteiger partial charge in [-0.1, -0.05) is 24.3 Å². The maximum atomic E-state index is 12.7. The maximum Gasteiger partial charge on any atom is 0.244 e. The van der Waals surface area contributed by atoms with E-state index in [0.29, 0.717) is 13.0 Å². The molecule has 1 atom stereocenters. The molecule has 1 heterocycles. The van der Waals surface area contributed by atoms with E-state index in [0.717, 1.165) is 29.0 Å². The van der Waals surface area contributed by atoms with Crippen LogP contribution in [0.1, 0.15) is 16.7 Å². The van der Waals surface area contributed by atoms with E-state index >= 15 is 0 Å². The van der Waals surface area contributed by atoms with Gasteiger partial charge >= 0.3 is 0 Å². The number of nitrogens with two attached hydrogens (primary N) is 1. The molecule has 1 aliphatic rings. The molecule has 4 nitrogen and oxygen atoms in total. The van der Waals surface area contributed by atoms with Crippen LogP contribution in [0.15, 0.2) is 42.5 Å². The average Bonchev–Trinajstić information content (AvgIpc) is 2.99. The number of rotatable bonds is 4. The molecule has 0 bridgehead atoms. The lowest BCUT2D eigenvalue weighted by Gasteiger charge is -2.22. The summed E-state index contributed by atoms with van der Waals surface area (Å²) in [5.41, 5.74) is 10.6. The quantitative estimate of drug-likeness (QED) is 0.944. The summed E-state index contributed by atoms with van der Waals surface area (Å²) in [4.78, 5) is 14.5. The summed E-state index contributed by atoms with van der Waals surface area (Å²) in [7, 11) is 1.65. The van der Waals surface area contributed by atoms with Crippen LogP contribution in [-0.4, -0.2) is 25.6 Å². The van der Waals surface area contributed by atoms with Crippen molar-refractivity contribution in [3.05, 3.63) is 59.2 Å². The van der Waals surface area contributed by atoms with E-state index in [1.807, 2.05) is 48.2 Å². The number of ether oxygens (including phenoxy) is 1. The van der Waals surface area contributed by atoms with Crippen LogP contribution < -0.4 is 15.4 Å². The Balaban J connectivity index is 1.74. The summed E-state index contributed by atoms with van der Waals surface area (Å²) in [5, 5.41) is 0. The normalized spacial score (nSPS) is 14.5. The summed E-state index contributed by atoms with van der Waals surface area (Å²) in [5.74, 6) is 0.810. The largest absolute Gasteiger partial charge is 0.497 e. The molecule has 2 aromatic carbocycles. The second-order valence-electron chi connectivity index (χ2n) is 5.97. The third kappa shape index (κ3) is 3.08. The third-order valence-electron chi connectivity index (χ3n) is 4.46. The Hall–Kier alpha value is -2.33. The predicted octanol–water partition coefficient (Wildman–Crippen LogP) is 2.46. The summed E-state index contributed by atoms with van der Waals surface area (Å²) < 4.78 is 5.22. The zero-order valence-corrected chi connectivity index (χ0v) is 13.6. The van der Waals surface area contributed by atoms with E-state index in [-0.39, 0.29) is 5.91 Å². The first-order valence-electron chi connectivity index (χ1n) is 7.88. The Morgan fingerprint density at radius 3 is 2.83 bits per heavy atom. The fraction of sp³-hybridized carbons (Fsp3) is 0.316. The van der Waals surface area contributed by atoms with Gasteiger partial charge in [0.2, 0.25) is 5.91 Å². The average molecular weight is 310 g/mol. The first-order chi connectivity index (χ1) is 11.1. The number of benzene rings is 2. The molecule has 23 heavy (non-hydrogen) atoms. The lowest BCUT2D eigenvalue weighted by molar-refractivity contribution is -0.119. The highest BCUT2D eigenvalue weighted by atomic mass is 16.5. The van der Waals surface area contributed by atoms with Gasteiger partial charge in [0, 0.05) is 12.2 Å². The van der Waals surface area contributed by atoms with E-state index in [1.165, 1.54) is 5.56 Å². The number of para-hydroxylation sites is 1. The maximum absolute atomic E-state index is 12.7. The number of nitrogens with zero attached hydrogens (tertiary/aromatic N) is 1. The predicted molar refractivity (Wildman–Crippen MR) is 91.9 cm³/mol. The monoisotopic (exact) mass is 310 g/mol. The standard InChI is InChI=1S/C19H22N2O2/c1-13-11-16(23-2)8-7-15(13)12-17(20)19(22)21-10-9-14-5-3-4-6-18(14)21/h3-8,11,17H,9-10,12,20H2,1-2H3/t17-/m1/s1. The number of carbonyl (C=O) groups excluding carboxylic acids is 1. The van der Waals surface area contributed by atoms with Crippen LogP contribution in [0, 0.1) is 6.92 Å². The molecular formula is C19H22N2O2. The molecule has 0 radical (unpaired) electrons. The highest BCUT2D eigenvalue weighted by Gasteiger charge is 2.28. The van der Waals surface area contributed by atoms with Gasteiger partial charge in [-0.3, -0.25) is 4.79 Å². The second kappa shape index (κ2) is 6.42. The number of anilines is 1. The van der Waals surface area contributed by atoms with Gasteiger partial charge in [0.15, 0.2) is 0 Å². The van der Waals surface area contributed by atoms with E-state index in [9.17, 15) is 4.79 Å². The first-order valence-corrected chi connectivity index (χ1v) is 7.88. The highest BCUT2D eigenvalue weighted by molar-refractivity contribution is 5.99. The van der Waals surface area contributed by atoms with Crippen LogP contribution in [0.2, 0.25) is 0 Å². The summed E-state index contributed by atoms with van der Waals surface area (Å²) >= 11 is 0. The van der Waals surface area contributed by atoms with Crippen LogP contribution in [0.5, 0.6) is 5.75 Å². The van der Waals surface area contributed by atoms with E-state index in [1.54, 1.807) is 7.11 Å². The molecule has 0 aliphatic carbocycles.